The highest BCUT2D eigenvalue weighted by Crippen LogP contribution is 2.30. The molecule has 2 heterocycles. The van der Waals surface area contributed by atoms with E-state index in [4.69, 9.17) is 0 Å². The lowest BCUT2D eigenvalue weighted by Gasteiger charge is -2.15. The molecule has 0 atom stereocenters. The van der Waals surface area contributed by atoms with Crippen molar-refractivity contribution in [2.75, 3.05) is 11.9 Å². The number of hydrogen-bond donors (Lipinski definition) is 1. The monoisotopic (exact) mass is 280 g/mol. The van der Waals surface area contributed by atoms with Crippen molar-refractivity contribution in [3.05, 3.63) is 28.8 Å². The first-order valence-electron chi connectivity index (χ1n) is 6.30. The third-order valence-electron chi connectivity index (χ3n) is 3.03. The Morgan fingerprint density at radius 3 is 2.68 bits per heavy atom. The van der Waals surface area contributed by atoms with Crippen molar-refractivity contribution >= 4 is 16.5 Å². The first-order valence-corrected chi connectivity index (χ1v) is 7.12. The number of nitrogens with zero attached hydrogens (tertiary/aromatic N) is 4. The van der Waals surface area contributed by atoms with Crippen LogP contribution in [-0.4, -0.2) is 26.7 Å². The fourth-order valence-corrected chi connectivity index (χ4v) is 2.94. The molecule has 1 N–H and O–H groups in total. The maximum Gasteiger partial charge on any atom is 0.186 e. The zero-order chi connectivity index (χ0) is 14.0. The second-order valence-corrected chi connectivity index (χ2v) is 5.99. The van der Waals surface area contributed by atoms with Gasteiger partial charge in [0.05, 0.1) is 23.7 Å². The van der Waals surface area contributed by atoms with E-state index in [1.165, 1.54) is 0 Å². The normalized spacial score (nSPS) is 11.3. The van der Waals surface area contributed by atoms with Gasteiger partial charge in [0, 0.05) is 26.5 Å². The Hall–Kier alpha value is -1.40. The summed E-state index contributed by atoms with van der Waals surface area (Å²) in [5, 5.41) is 10.3. The van der Waals surface area contributed by atoms with Crippen LogP contribution in [0.15, 0.2) is 12.4 Å². The molecule has 0 bridgehead atoms. The second-order valence-electron chi connectivity index (χ2n) is 4.93. The van der Waals surface area contributed by atoms with Crippen LogP contribution in [0.5, 0.6) is 0 Å². The van der Waals surface area contributed by atoms with Crippen molar-refractivity contribution in [1.29, 1.82) is 0 Å². The Balaban J connectivity index is 2.19. The number of imidazole rings is 1. The number of anilines is 1. The zero-order valence-electron chi connectivity index (χ0n) is 11.8. The molecule has 19 heavy (non-hydrogen) atoms. The van der Waals surface area contributed by atoms with Gasteiger partial charge in [0.25, 0.3) is 0 Å². The van der Waals surface area contributed by atoms with Crippen molar-refractivity contribution in [2.24, 2.45) is 7.05 Å². The molecule has 2 rings (SSSR count). The SMILES string of the molecule is CC(C)c1nc(N(C)Cc2nccn2C)sc1CO. The van der Waals surface area contributed by atoms with Gasteiger partial charge < -0.3 is 14.6 Å². The predicted octanol–water partition coefficient (Wildman–Crippen LogP) is 2.13. The number of aromatic nitrogens is 3. The highest BCUT2D eigenvalue weighted by Gasteiger charge is 2.16. The lowest BCUT2D eigenvalue weighted by Crippen LogP contribution is -2.18. The minimum Gasteiger partial charge on any atom is -0.391 e. The summed E-state index contributed by atoms with van der Waals surface area (Å²) in [4.78, 5) is 12.0. The van der Waals surface area contributed by atoms with Crippen molar-refractivity contribution in [3.8, 4) is 0 Å². The van der Waals surface area contributed by atoms with Crippen molar-refractivity contribution in [1.82, 2.24) is 14.5 Å². The van der Waals surface area contributed by atoms with Gasteiger partial charge in [0.15, 0.2) is 5.13 Å². The number of aliphatic hydroxyl groups excluding tert-OH is 1. The molecule has 2 aromatic heterocycles. The number of rotatable bonds is 5. The minimum absolute atomic E-state index is 0.0570. The summed E-state index contributed by atoms with van der Waals surface area (Å²) >= 11 is 1.55. The number of thiazole rings is 1. The van der Waals surface area contributed by atoms with Gasteiger partial charge in [-0.25, -0.2) is 9.97 Å². The van der Waals surface area contributed by atoms with Gasteiger partial charge >= 0.3 is 0 Å². The van der Waals surface area contributed by atoms with Crippen molar-refractivity contribution < 1.29 is 5.11 Å². The van der Waals surface area contributed by atoms with E-state index in [9.17, 15) is 5.11 Å². The molecular formula is C13H20N4OS. The van der Waals surface area contributed by atoms with Gasteiger partial charge in [-0.05, 0) is 5.92 Å². The third kappa shape index (κ3) is 2.96. The molecule has 5 nitrogen and oxygen atoms in total. The average Bonchev–Trinajstić information content (AvgIpc) is 2.96. The second kappa shape index (κ2) is 5.71. The van der Waals surface area contributed by atoms with Crippen LogP contribution in [0.4, 0.5) is 5.13 Å². The van der Waals surface area contributed by atoms with E-state index in [1.54, 1.807) is 17.5 Å². The van der Waals surface area contributed by atoms with Crippen LogP contribution >= 0.6 is 11.3 Å². The predicted molar refractivity (Wildman–Crippen MR) is 77.4 cm³/mol. The summed E-state index contributed by atoms with van der Waals surface area (Å²) in [7, 11) is 3.98. The average molecular weight is 280 g/mol. The summed E-state index contributed by atoms with van der Waals surface area (Å²) in [6.07, 6.45) is 3.73. The van der Waals surface area contributed by atoms with Crippen LogP contribution in [0, 0.1) is 0 Å². The molecule has 104 valence electrons. The number of aryl methyl sites for hydroxylation is 1. The number of hydrogen-bond acceptors (Lipinski definition) is 5. The molecule has 2 aromatic rings. The smallest absolute Gasteiger partial charge is 0.186 e. The molecule has 0 unspecified atom stereocenters. The summed E-state index contributed by atoms with van der Waals surface area (Å²) in [5.74, 6) is 1.32. The molecule has 6 heteroatoms. The van der Waals surface area contributed by atoms with Gasteiger partial charge in [-0.15, -0.1) is 0 Å². The van der Waals surface area contributed by atoms with Crippen molar-refractivity contribution in [2.45, 2.75) is 32.9 Å². The highest BCUT2D eigenvalue weighted by molar-refractivity contribution is 7.15. The fourth-order valence-electron chi connectivity index (χ4n) is 1.91. The molecule has 0 amide bonds. The fraction of sp³-hybridized carbons (Fsp3) is 0.538. The standard InChI is InChI=1S/C13H20N4OS/c1-9(2)12-10(8-18)19-13(15-12)17(4)7-11-14-5-6-16(11)3/h5-6,9,18H,7-8H2,1-4H3. The first kappa shape index (κ1) is 14.0. The maximum absolute atomic E-state index is 9.40. The minimum atomic E-state index is 0.0570. The Morgan fingerprint density at radius 1 is 1.47 bits per heavy atom. The molecule has 0 aliphatic rings. The lowest BCUT2D eigenvalue weighted by atomic mass is 10.1. The van der Waals surface area contributed by atoms with Gasteiger partial charge in [-0.1, -0.05) is 25.2 Å². The lowest BCUT2D eigenvalue weighted by molar-refractivity contribution is 0.283. The van der Waals surface area contributed by atoms with Crippen LogP contribution < -0.4 is 4.90 Å². The largest absolute Gasteiger partial charge is 0.391 e. The van der Waals surface area contributed by atoms with Gasteiger partial charge in [0.2, 0.25) is 0 Å². The van der Waals surface area contributed by atoms with Gasteiger partial charge in [0.1, 0.15) is 5.82 Å². The van der Waals surface area contributed by atoms with Crippen LogP contribution in [0.1, 0.15) is 36.2 Å². The molecule has 0 saturated heterocycles. The van der Waals surface area contributed by atoms with Crippen LogP contribution in [0.25, 0.3) is 0 Å². The van der Waals surface area contributed by atoms with E-state index < -0.39 is 0 Å². The van der Waals surface area contributed by atoms with E-state index in [0.29, 0.717) is 12.5 Å². The summed E-state index contributed by atoms with van der Waals surface area (Å²) < 4.78 is 2.00. The van der Waals surface area contributed by atoms with Crippen LogP contribution in [0.3, 0.4) is 0 Å². The molecule has 0 fully saturated rings. The Kier molecular flexibility index (Phi) is 4.21. The topological polar surface area (TPSA) is 54.2 Å². The van der Waals surface area contributed by atoms with Gasteiger partial charge in [-0.2, -0.15) is 0 Å². The molecule has 0 aromatic carbocycles. The van der Waals surface area contributed by atoms with Crippen molar-refractivity contribution in [3.63, 3.8) is 0 Å². The first-order chi connectivity index (χ1) is 9.02. The quantitative estimate of drug-likeness (QED) is 0.911. The van der Waals surface area contributed by atoms with E-state index in [0.717, 1.165) is 21.5 Å². The molecular weight excluding hydrogens is 260 g/mol. The molecule has 0 saturated carbocycles. The third-order valence-corrected chi connectivity index (χ3v) is 4.20. The van der Waals surface area contributed by atoms with E-state index in [-0.39, 0.29) is 6.61 Å². The molecule has 0 aliphatic carbocycles. The summed E-state index contributed by atoms with van der Waals surface area (Å²) in [6.45, 7) is 4.95. The Morgan fingerprint density at radius 2 is 2.21 bits per heavy atom. The zero-order valence-corrected chi connectivity index (χ0v) is 12.6. The number of aliphatic hydroxyl groups is 1. The molecule has 0 spiro atoms. The van der Waals surface area contributed by atoms with Crippen LogP contribution in [-0.2, 0) is 20.2 Å². The summed E-state index contributed by atoms with van der Waals surface area (Å²) in [6, 6.07) is 0. The van der Waals surface area contributed by atoms with Crippen LogP contribution in [0.2, 0.25) is 0 Å². The Bertz CT molecular complexity index is 547. The molecule has 0 radical (unpaired) electrons. The van der Waals surface area contributed by atoms with E-state index >= 15 is 0 Å². The molecule has 0 aliphatic heterocycles. The van der Waals surface area contributed by atoms with Gasteiger partial charge in [-0.3, -0.25) is 0 Å². The van der Waals surface area contributed by atoms with E-state index in [1.807, 2.05) is 24.9 Å². The Labute approximate surface area is 117 Å². The van der Waals surface area contributed by atoms with E-state index in [2.05, 4.69) is 28.7 Å². The highest BCUT2D eigenvalue weighted by atomic mass is 32.1. The maximum atomic E-state index is 9.40. The summed E-state index contributed by atoms with van der Waals surface area (Å²) in [5.41, 5.74) is 0.995.